The topological polar surface area (TPSA) is 100 Å². The Labute approximate surface area is 183 Å². The summed E-state index contributed by atoms with van der Waals surface area (Å²) in [5.41, 5.74) is 1.12. The van der Waals surface area contributed by atoms with Crippen LogP contribution in [-0.2, 0) is 25.5 Å². The van der Waals surface area contributed by atoms with Crippen molar-refractivity contribution < 1.29 is 9.53 Å². The minimum atomic E-state index is -0.723. The van der Waals surface area contributed by atoms with Gasteiger partial charge >= 0.3 is 5.69 Å². The van der Waals surface area contributed by atoms with Gasteiger partial charge in [0.1, 0.15) is 18.4 Å². The lowest BCUT2D eigenvalue weighted by Crippen LogP contribution is -2.38. The number of imidazole rings is 1. The standard InChI is InChI=1S/C23H23N5O4/c1-15(28-14-24-20-19(28)22(30)27(3)23(31)26(20)2)21(29)25-17-9-11-18(12-10-17)32-13-16-7-5-4-6-8-16/h4-12,14-15H,13H2,1-3H3,(H,25,29)/t15-/m1/s1. The van der Waals surface area contributed by atoms with Gasteiger partial charge < -0.3 is 14.6 Å². The van der Waals surface area contributed by atoms with Crippen molar-refractivity contribution in [1.82, 2.24) is 18.7 Å². The first-order valence-corrected chi connectivity index (χ1v) is 10.1. The Bertz CT molecular complexity index is 1380. The van der Waals surface area contributed by atoms with Crippen molar-refractivity contribution in [2.45, 2.75) is 19.6 Å². The van der Waals surface area contributed by atoms with Gasteiger partial charge in [0.15, 0.2) is 11.2 Å². The Kier molecular flexibility index (Phi) is 5.63. The Balaban J connectivity index is 1.48. The highest BCUT2D eigenvalue weighted by Crippen LogP contribution is 2.19. The molecular weight excluding hydrogens is 410 g/mol. The minimum absolute atomic E-state index is 0.196. The summed E-state index contributed by atoms with van der Waals surface area (Å²) in [5, 5.41) is 2.84. The number of ether oxygens (including phenoxy) is 1. The molecule has 2 aromatic heterocycles. The molecule has 164 valence electrons. The zero-order chi connectivity index (χ0) is 22.8. The van der Waals surface area contributed by atoms with Gasteiger partial charge in [0.05, 0.1) is 6.33 Å². The number of hydrogen-bond donors (Lipinski definition) is 1. The van der Waals surface area contributed by atoms with Crippen LogP contribution in [0.3, 0.4) is 0 Å². The molecule has 0 fully saturated rings. The molecule has 0 saturated carbocycles. The van der Waals surface area contributed by atoms with Crippen LogP contribution in [0.5, 0.6) is 5.75 Å². The van der Waals surface area contributed by atoms with Crippen molar-refractivity contribution in [3.8, 4) is 5.75 Å². The van der Waals surface area contributed by atoms with E-state index in [1.165, 1.54) is 29.6 Å². The number of amides is 1. The first kappa shape index (κ1) is 21.1. The molecule has 0 saturated heterocycles. The van der Waals surface area contributed by atoms with Gasteiger partial charge in [-0.15, -0.1) is 0 Å². The minimum Gasteiger partial charge on any atom is -0.489 e. The number of nitrogens with zero attached hydrogens (tertiary/aromatic N) is 4. The molecule has 4 aromatic rings. The van der Waals surface area contributed by atoms with E-state index in [4.69, 9.17) is 4.74 Å². The van der Waals surface area contributed by atoms with Crippen LogP contribution in [0.2, 0.25) is 0 Å². The van der Waals surface area contributed by atoms with Crippen LogP contribution in [0, 0.1) is 0 Å². The molecule has 1 atom stereocenters. The molecule has 0 aliphatic carbocycles. The zero-order valence-electron chi connectivity index (χ0n) is 18.0. The van der Waals surface area contributed by atoms with Gasteiger partial charge in [-0.1, -0.05) is 30.3 Å². The zero-order valence-corrected chi connectivity index (χ0v) is 18.0. The predicted molar refractivity (Wildman–Crippen MR) is 121 cm³/mol. The summed E-state index contributed by atoms with van der Waals surface area (Å²) in [6.07, 6.45) is 1.40. The molecule has 1 amide bonds. The van der Waals surface area contributed by atoms with E-state index in [0.717, 1.165) is 10.1 Å². The van der Waals surface area contributed by atoms with E-state index in [-0.39, 0.29) is 17.1 Å². The molecule has 2 heterocycles. The van der Waals surface area contributed by atoms with Crippen molar-refractivity contribution in [3.05, 3.63) is 87.3 Å². The SMILES string of the molecule is C[C@H](C(=O)Nc1ccc(OCc2ccccc2)cc1)n1cnc2c1c(=O)n(C)c(=O)n2C. The lowest BCUT2D eigenvalue weighted by atomic mass is 10.2. The van der Waals surface area contributed by atoms with Crippen LogP contribution in [0.15, 0.2) is 70.5 Å². The fourth-order valence-corrected chi connectivity index (χ4v) is 3.41. The number of rotatable bonds is 6. The van der Waals surface area contributed by atoms with Gasteiger partial charge in [-0.2, -0.15) is 0 Å². The third kappa shape index (κ3) is 3.92. The van der Waals surface area contributed by atoms with Crippen molar-refractivity contribution in [1.29, 1.82) is 0 Å². The second-order valence-electron chi connectivity index (χ2n) is 7.49. The monoisotopic (exact) mass is 433 g/mol. The van der Waals surface area contributed by atoms with Crippen molar-refractivity contribution >= 4 is 22.8 Å². The molecule has 0 spiro atoms. The molecule has 0 aliphatic rings. The van der Waals surface area contributed by atoms with E-state index in [9.17, 15) is 14.4 Å². The average Bonchev–Trinajstić information content (AvgIpc) is 3.26. The van der Waals surface area contributed by atoms with Crippen molar-refractivity contribution in [2.24, 2.45) is 14.1 Å². The summed E-state index contributed by atoms with van der Waals surface area (Å²) in [6, 6.07) is 16.2. The van der Waals surface area contributed by atoms with Crippen LogP contribution in [-0.4, -0.2) is 24.6 Å². The van der Waals surface area contributed by atoms with Gasteiger partial charge in [-0.3, -0.25) is 18.7 Å². The predicted octanol–water partition coefficient (Wildman–Crippen LogP) is 2.21. The Morgan fingerprint density at radius 2 is 1.72 bits per heavy atom. The van der Waals surface area contributed by atoms with Gasteiger partial charge in [0.25, 0.3) is 5.56 Å². The van der Waals surface area contributed by atoms with E-state index >= 15 is 0 Å². The Morgan fingerprint density at radius 3 is 2.41 bits per heavy atom. The van der Waals surface area contributed by atoms with Crippen LogP contribution in [0.25, 0.3) is 11.2 Å². The number of hydrogen-bond acceptors (Lipinski definition) is 5. The summed E-state index contributed by atoms with van der Waals surface area (Å²) in [7, 11) is 2.93. The van der Waals surface area contributed by atoms with Crippen LogP contribution >= 0.6 is 0 Å². The largest absolute Gasteiger partial charge is 0.489 e. The van der Waals surface area contributed by atoms with Crippen LogP contribution < -0.4 is 21.3 Å². The average molecular weight is 433 g/mol. The maximum Gasteiger partial charge on any atom is 0.332 e. The number of carbonyl (C=O) groups excluding carboxylic acids is 1. The molecule has 0 unspecified atom stereocenters. The maximum absolute atomic E-state index is 12.8. The Hall–Kier alpha value is -4.14. The highest BCUT2D eigenvalue weighted by molar-refractivity contribution is 5.94. The molecular formula is C23H23N5O4. The van der Waals surface area contributed by atoms with E-state index in [0.29, 0.717) is 18.0 Å². The normalized spacial score (nSPS) is 12.0. The first-order chi connectivity index (χ1) is 15.4. The maximum atomic E-state index is 12.8. The highest BCUT2D eigenvalue weighted by atomic mass is 16.5. The van der Waals surface area contributed by atoms with E-state index in [1.54, 1.807) is 31.2 Å². The molecule has 1 N–H and O–H groups in total. The second-order valence-corrected chi connectivity index (χ2v) is 7.49. The van der Waals surface area contributed by atoms with E-state index in [1.807, 2.05) is 30.3 Å². The number of carbonyl (C=O) groups is 1. The number of benzene rings is 2. The van der Waals surface area contributed by atoms with E-state index < -0.39 is 17.3 Å². The lowest BCUT2D eigenvalue weighted by Gasteiger charge is -2.15. The van der Waals surface area contributed by atoms with Crippen LogP contribution in [0.1, 0.15) is 18.5 Å². The number of fused-ring (bicyclic) bond motifs is 1. The van der Waals surface area contributed by atoms with Crippen LogP contribution in [0.4, 0.5) is 5.69 Å². The number of anilines is 1. The summed E-state index contributed by atoms with van der Waals surface area (Å²) >= 11 is 0. The first-order valence-electron chi connectivity index (χ1n) is 10.1. The third-order valence-electron chi connectivity index (χ3n) is 5.34. The number of nitrogens with one attached hydrogen (secondary N) is 1. The smallest absolute Gasteiger partial charge is 0.332 e. The highest BCUT2D eigenvalue weighted by Gasteiger charge is 2.22. The second kappa shape index (κ2) is 8.54. The molecule has 2 aromatic carbocycles. The van der Waals surface area contributed by atoms with Gasteiger partial charge in [0.2, 0.25) is 5.91 Å². The summed E-state index contributed by atoms with van der Waals surface area (Å²) in [5.74, 6) is 0.364. The Morgan fingerprint density at radius 1 is 1.03 bits per heavy atom. The third-order valence-corrected chi connectivity index (χ3v) is 5.34. The molecule has 9 heteroatoms. The van der Waals surface area contributed by atoms with Gasteiger partial charge in [-0.05, 0) is 36.8 Å². The fourth-order valence-electron chi connectivity index (χ4n) is 3.41. The number of aryl methyl sites for hydroxylation is 1. The molecule has 32 heavy (non-hydrogen) atoms. The molecule has 0 aliphatic heterocycles. The number of aromatic nitrogens is 4. The summed E-state index contributed by atoms with van der Waals surface area (Å²) in [6.45, 7) is 2.12. The lowest BCUT2D eigenvalue weighted by molar-refractivity contribution is -0.118. The van der Waals surface area contributed by atoms with Gasteiger partial charge in [0, 0.05) is 19.8 Å². The van der Waals surface area contributed by atoms with Crippen molar-refractivity contribution in [2.75, 3.05) is 5.32 Å². The van der Waals surface area contributed by atoms with Gasteiger partial charge in [-0.25, -0.2) is 9.78 Å². The van der Waals surface area contributed by atoms with E-state index in [2.05, 4.69) is 10.3 Å². The summed E-state index contributed by atoms with van der Waals surface area (Å²) in [4.78, 5) is 41.7. The fraction of sp³-hybridized carbons (Fsp3) is 0.217. The summed E-state index contributed by atoms with van der Waals surface area (Å²) < 4.78 is 9.52. The molecule has 9 nitrogen and oxygen atoms in total. The molecule has 0 bridgehead atoms. The van der Waals surface area contributed by atoms with Crippen molar-refractivity contribution in [3.63, 3.8) is 0 Å². The molecule has 0 radical (unpaired) electrons. The quantitative estimate of drug-likeness (QED) is 0.503. The molecule has 4 rings (SSSR count).